The number of nitrogens with one attached hydrogen (secondary N) is 1. The summed E-state index contributed by atoms with van der Waals surface area (Å²) in [5.41, 5.74) is 5.08. The zero-order valence-corrected chi connectivity index (χ0v) is 18.5. The molecule has 1 N–H and O–H groups in total. The van der Waals surface area contributed by atoms with Crippen LogP contribution < -0.4 is 10.1 Å². The van der Waals surface area contributed by atoms with E-state index in [-0.39, 0.29) is 11.3 Å². The van der Waals surface area contributed by atoms with Crippen LogP contribution in [-0.2, 0) is 25.1 Å². The summed E-state index contributed by atoms with van der Waals surface area (Å²) in [6, 6.07) is 15.7. The first-order valence-electron chi connectivity index (χ1n) is 10.4. The molecule has 0 unspecified atom stereocenters. The number of carbonyl (C=O) groups excluding carboxylic acids is 1. The second-order valence-electron chi connectivity index (χ2n) is 8.52. The van der Waals surface area contributed by atoms with Gasteiger partial charge in [-0.2, -0.15) is 5.10 Å². The van der Waals surface area contributed by atoms with Gasteiger partial charge < -0.3 is 10.1 Å². The fourth-order valence-corrected chi connectivity index (χ4v) is 3.28. The Morgan fingerprint density at radius 3 is 2.50 bits per heavy atom. The van der Waals surface area contributed by atoms with E-state index in [9.17, 15) is 4.79 Å². The van der Waals surface area contributed by atoms with E-state index in [0.717, 1.165) is 29.1 Å². The van der Waals surface area contributed by atoms with Crippen LogP contribution in [0.2, 0.25) is 0 Å². The summed E-state index contributed by atoms with van der Waals surface area (Å²) in [7, 11) is 0. The average Bonchev–Trinajstić information content (AvgIpc) is 3.10. The molecular weight excluding hydrogens is 374 g/mol. The molecular formula is C25H31N3O2. The number of hydrogen-bond acceptors (Lipinski definition) is 3. The molecule has 0 atom stereocenters. The van der Waals surface area contributed by atoms with Gasteiger partial charge in [0.1, 0.15) is 12.4 Å². The average molecular weight is 406 g/mol. The summed E-state index contributed by atoms with van der Waals surface area (Å²) in [4.78, 5) is 12.6. The Labute approximate surface area is 179 Å². The first kappa shape index (κ1) is 21.6. The summed E-state index contributed by atoms with van der Waals surface area (Å²) in [6.07, 6.45) is 1.81. The van der Waals surface area contributed by atoms with Crippen LogP contribution >= 0.6 is 0 Å². The number of aromatic nitrogens is 2. The van der Waals surface area contributed by atoms with Crippen molar-refractivity contribution in [2.24, 2.45) is 0 Å². The SMILES string of the molecule is CCn1ncc(CNC(=O)c2cccc(COc3ccc(C(C)(C)C)cc3)c2)c1C. The smallest absolute Gasteiger partial charge is 0.251 e. The highest BCUT2D eigenvalue weighted by Gasteiger charge is 2.13. The Kier molecular flexibility index (Phi) is 6.60. The summed E-state index contributed by atoms with van der Waals surface area (Å²) >= 11 is 0. The second kappa shape index (κ2) is 9.16. The van der Waals surface area contributed by atoms with Crippen molar-refractivity contribution in [1.82, 2.24) is 15.1 Å². The maximum atomic E-state index is 12.6. The van der Waals surface area contributed by atoms with Gasteiger partial charge in [0, 0.05) is 29.9 Å². The monoisotopic (exact) mass is 405 g/mol. The molecule has 2 aromatic carbocycles. The number of benzene rings is 2. The molecule has 0 spiro atoms. The summed E-state index contributed by atoms with van der Waals surface area (Å²) < 4.78 is 7.84. The van der Waals surface area contributed by atoms with Crippen LogP contribution in [0.15, 0.2) is 54.7 Å². The Balaban J connectivity index is 1.58. The van der Waals surface area contributed by atoms with Gasteiger partial charge in [-0.3, -0.25) is 9.48 Å². The zero-order chi connectivity index (χ0) is 21.7. The zero-order valence-electron chi connectivity index (χ0n) is 18.5. The molecule has 0 aliphatic carbocycles. The quantitative estimate of drug-likeness (QED) is 0.601. The van der Waals surface area contributed by atoms with Gasteiger partial charge >= 0.3 is 0 Å². The van der Waals surface area contributed by atoms with E-state index >= 15 is 0 Å². The first-order valence-corrected chi connectivity index (χ1v) is 10.4. The lowest BCUT2D eigenvalue weighted by Crippen LogP contribution is -2.23. The predicted molar refractivity (Wildman–Crippen MR) is 120 cm³/mol. The molecule has 158 valence electrons. The third kappa shape index (κ3) is 5.29. The molecule has 0 fully saturated rings. The molecule has 0 aliphatic rings. The maximum absolute atomic E-state index is 12.6. The Morgan fingerprint density at radius 2 is 1.87 bits per heavy atom. The largest absolute Gasteiger partial charge is 0.489 e. The van der Waals surface area contributed by atoms with Crippen molar-refractivity contribution in [2.45, 2.75) is 59.7 Å². The highest BCUT2D eigenvalue weighted by atomic mass is 16.5. The van der Waals surface area contributed by atoms with Gasteiger partial charge in [0.05, 0.1) is 6.20 Å². The number of ether oxygens (including phenoxy) is 1. The van der Waals surface area contributed by atoms with Crippen LogP contribution in [0.3, 0.4) is 0 Å². The van der Waals surface area contributed by atoms with Crippen LogP contribution in [-0.4, -0.2) is 15.7 Å². The van der Waals surface area contributed by atoms with E-state index in [0.29, 0.717) is 18.7 Å². The molecule has 30 heavy (non-hydrogen) atoms. The Bertz CT molecular complexity index is 998. The van der Waals surface area contributed by atoms with E-state index in [1.807, 2.05) is 54.2 Å². The van der Waals surface area contributed by atoms with Crippen molar-refractivity contribution in [1.29, 1.82) is 0 Å². The highest BCUT2D eigenvalue weighted by molar-refractivity contribution is 5.94. The molecule has 0 saturated heterocycles. The standard InChI is InChI=1S/C25H31N3O2/c1-6-28-18(2)21(16-27-28)15-26-24(29)20-9-7-8-19(14-20)17-30-23-12-10-22(11-13-23)25(3,4)5/h7-14,16H,6,15,17H2,1-5H3,(H,26,29). The van der Waals surface area contributed by atoms with E-state index in [4.69, 9.17) is 4.74 Å². The van der Waals surface area contributed by atoms with E-state index in [1.54, 1.807) is 0 Å². The van der Waals surface area contributed by atoms with Gasteiger partial charge in [-0.05, 0) is 54.7 Å². The topological polar surface area (TPSA) is 56.2 Å². The van der Waals surface area contributed by atoms with Gasteiger partial charge in [-0.25, -0.2) is 0 Å². The van der Waals surface area contributed by atoms with E-state index < -0.39 is 0 Å². The number of carbonyl (C=O) groups is 1. The number of nitrogens with zero attached hydrogens (tertiary/aromatic N) is 2. The maximum Gasteiger partial charge on any atom is 0.251 e. The van der Waals surface area contributed by atoms with Crippen molar-refractivity contribution in [3.8, 4) is 5.75 Å². The highest BCUT2D eigenvalue weighted by Crippen LogP contribution is 2.24. The Hall–Kier alpha value is -3.08. The summed E-state index contributed by atoms with van der Waals surface area (Å²) in [5.74, 6) is 0.719. The van der Waals surface area contributed by atoms with Crippen molar-refractivity contribution < 1.29 is 9.53 Å². The van der Waals surface area contributed by atoms with Gasteiger partial charge in [0.15, 0.2) is 0 Å². The fraction of sp³-hybridized carbons (Fsp3) is 0.360. The number of hydrogen-bond donors (Lipinski definition) is 1. The van der Waals surface area contributed by atoms with E-state index in [1.165, 1.54) is 5.56 Å². The number of amides is 1. The third-order valence-electron chi connectivity index (χ3n) is 5.26. The van der Waals surface area contributed by atoms with E-state index in [2.05, 4.69) is 50.2 Å². The molecule has 3 rings (SSSR count). The second-order valence-corrected chi connectivity index (χ2v) is 8.52. The van der Waals surface area contributed by atoms with Crippen molar-refractivity contribution in [3.63, 3.8) is 0 Å². The summed E-state index contributed by atoms with van der Waals surface area (Å²) in [5, 5.41) is 7.30. The molecule has 3 aromatic rings. The van der Waals surface area contributed by atoms with Crippen molar-refractivity contribution in [2.75, 3.05) is 0 Å². The normalized spacial score (nSPS) is 11.4. The van der Waals surface area contributed by atoms with Gasteiger partial charge in [-0.15, -0.1) is 0 Å². The number of aryl methyl sites for hydroxylation is 1. The van der Waals surface area contributed by atoms with Gasteiger partial charge in [-0.1, -0.05) is 45.0 Å². The molecule has 0 bridgehead atoms. The van der Waals surface area contributed by atoms with Crippen molar-refractivity contribution in [3.05, 3.63) is 82.7 Å². The molecule has 1 amide bonds. The minimum atomic E-state index is -0.102. The summed E-state index contributed by atoms with van der Waals surface area (Å²) in [6.45, 7) is 12.3. The van der Waals surface area contributed by atoms with Gasteiger partial charge in [0.2, 0.25) is 0 Å². The molecule has 1 heterocycles. The van der Waals surface area contributed by atoms with Crippen LogP contribution in [0, 0.1) is 6.92 Å². The van der Waals surface area contributed by atoms with Crippen LogP contribution in [0.5, 0.6) is 5.75 Å². The Morgan fingerprint density at radius 1 is 1.13 bits per heavy atom. The van der Waals surface area contributed by atoms with Crippen LogP contribution in [0.1, 0.15) is 60.4 Å². The lowest BCUT2D eigenvalue weighted by molar-refractivity contribution is 0.0950. The fourth-order valence-electron chi connectivity index (χ4n) is 3.28. The van der Waals surface area contributed by atoms with Crippen LogP contribution in [0.25, 0.3) is 0 Å². The molecule has 5 heteroatoms. The molecule has 5 nitrogen and oxygen atoms in total. The molecule has 1 aromatic heterocycles. The molecule has 0 radical (unpaired) electrons. The third-order valence-corrected chi connectivity index (χ3v) is 5.26. The minimum absolute atomic E-state index is 0.102. The van der Waals surface area contributed by atoms with Crippen LogP contribution in [0.4, 0.5) is 0 Å². The lowest BCUT2D eigenvalue weighted by atomic mass is 9.87. The van der Waals surface area contributed by atoms with Crippen molar-refractivity contribution >= 4 is 5.91 Å². The minimum Gasteiger partial charge on any atom is -0.489 e. The predicted octanol–water partition coefficient (Wildman–Crippen LogP) is 5.02. The first-order chi connectivity index (χ1) is 14.3. The van der Waals surface area contributed by atoms with Gasteiger partial charge in [0.25, 0.3) is 5.91 Å². The lowest BCUT2D eigenvalue weighted by Gasteiger charge is -2.19. The molecule has 0 saturated carbocycles. The number of rotatable bonds is 7. The molecule has 0 aliphatic heterocycles.